The van der Waals surface area contributed by atoms with Crippen LogP contribution < -0.4 is 20.1 Å². The van der Waals surface area contributed by atoms with Crippen molar-refractivity contribution in [3.8, 4) is 11.5 Å². The summed E-state index contributed by atoms with van der Waals surface area (Å²) >= 11 is 0. The largest absolute Gasteiger partial charge is 0.493 e. The first-order chi connectivity index (χ1) is 12.0. The molecule has 1 aromatic carbocycles. The van der Waals surface area contributed by atoms with E-state index in [1.165, 1.54) is 0 Å². The fourth-order valence-electron chi connectivity index (χ4n) is 3.18. The molecule has 6 nitrogen and oxygen atoms in total. The maximum absolute atomic E-state index is 10.3. The van der Waals surface area contributed by atoms with Crippen molar-refractivity contribution in [1.29, 1.82) is 0 Å². The second-order valence-electron chi connectivity index (χ2n) is 6.81. The summed E-state index contributed by atoms with van der Waals surface area (Å²) < 4.78 is 10.6. The van der Waals surface area contributed by atoms with Gasteiger partial charge in [0, 0.05) is 23.7 Å². The van der Waals surface area contributed by atoms with Crippen LogP contribution in [0.5, 0.6) is 11.5 Å². The molecule has 26 heavy (non-hydrogen) atoms. The van der Waals surface area contributed by atoms with E-state index < -0.39 is 0 Å². The van der Waals surface area contributed by atoms with E-state index in [1.54, 1.807) is 14.2 Å². The highest BCUT2D eigenvalue weighted by atomic mass is 127. The molecule has 1 saturated carbocycles. The summed E-state index contributed by atoms with van der Waals surface area (Å²) in [6, 6.07) is 5.66. The third-order valence-electron chi connectivity index (χ3n) is 4.87. The molecule has 3 N–H and O–H groups in total. The van der Waals surface area contributed by atoms with Crippen molar-refractivity contribution in [2.75, 3.05) is 32.6 Å². The van der Waals surface area contributed by atoms with E-state index in [-0.39, 0.29) is 35.5 Å². The lowest BCUT2D eigenvalue weighted by Crippen LogP contribution is -2.39. The van der Waals surface area contributed by atoms with Gasteiger partial charge in [0.2, 0.25) is 0 Å². The minimum absolute atomic E-state index is 0. The van der Waals surface area contributed by atoms with Crippen molar-refractivity contribution in [1.82, 2.24) is 5.32 Å². The Hall–Kier alpha value is -1.22. The molecule has 148 valence electrons. The smallest absolute Gasteiger partial charge is 0.195 e. The minimum Gasteiger partial charge on any atom is -0.493 e. The van der Waals surface area contributed by atoms with Crippen molar-refractivity contribution in [2.24, 2.45) is 10.4 Å². The molecule has 0 bridgehead atoms. The number of halogens is 1. The number of anilines is 1. The first kappa shape index (κ1) is 22.8. The van der Waals surface area contributed by atoms with Gasteiger partial charge in [-0.3, -0.25) is 4.99 Å². The number of benzene rings is 1. The number of hydrogen-bond donors (Lipinski definition) is 3. The quantitative estimate of drug-likeness (QED) is 0.332. The Morgan fingerprint density at radius 1 is 1.27 bits per heavy atom. The topological polar surface area (TPSA) is 75.1 Å². The Morgan fingerprint density at radius 2 is 2.00 bits per heavy atom. The van der Waals surface area contributed by atoms with Gasteiger partial charge in [-0.25, -0.2) is 0 Å². The molecule has 1 aliphatic rings. The standard InChI is InChI=1S/C19H31N3O3.HI/c1-5-20-18(21-13-19(2)11-7-6-8-17(19)23)22-14-9-10-15(24-3)16(12-14)25-4;/h9-10,12,17,23H,5-8,11,13H2,1-4H3,(H2,20,21,22);1H. The van der Waals surface area contributed by atoms with E-state index in [9.17, 15) is 5.11 Å². The number of nitrogens with one attached hydrogen (secondary N) is 2. The van der Waals surface area contributed by atoms with Gasteiger partial charge in [-0.15, -0.1) is 24.0 Å². The van der Waals surface area contributed by atoms with Crippen molar-refractivity contribution in [3.63, 3.8) is 0 Å². The fourth-order valence-corrected chi connectivity index (χ4v) is 3.18. The third-order valence-corrected chi connectivity index (χ3v) is 4.87. The molecular formula is C19H32IN3O3. The van der Waals surface area contributed by atoms with Gasteiger partial charge in [-0.2, -0.15) is 0 Å². The number of aliphatic hydroxyl groups is 1. The Kier molecular flexibility index (Phi) is 9.49. The zero-order chi connectivity index (χ0) is 18.3. The van der Waals surface area contributed by atoms with Crippen LogP contribution in [0.4, 0.5) is 5.69 Å². The van der Waals surface area contributed by atoms with Gasteiger partial charge in [-0.1, -0.05) is 19.8 Å². The Labute approximate surface area is 173 Å². The lowest BCUT2D eigenvalue weighted by Gasteiger charge is -2.37. The van der Waals surface area contributed by atoms with E-state index in [2.05, 4.69) is 17.6 Å². The summed E-state index contributed by atoms with van der Waals surface area (Å²) in [4.78, 5) is 4.72. The van der Waals surface area contributed by atoms with Gasteiger partial charge in [0.05, 0.1) is 26.9 Å². The molecule has 0 amide bonds. The molecule has 1 fully saturated rings. The highest BCUT2D eigenvalue weighted by Crippen LogP contribution is 2.36. The normalized spacial score (nSPS) is 23.0. The molecule has 2 unspecified atom stereocenters. The number of aliphatic hydroxyl groups excluding tert-OH is 1. The van der Waals surface area contributed by atoms with Crippen molar-refractivity contribution >= 4 is 35.6 Å². The third kappa shape index (κ3) is 5.90. The highest BCUT2D eigenvalue weighted by molar-refractivity contribution is 14.0. The van der Waals surface area contributed by atoms with Gasteiger partial charge in [0.1, 0.15) is 0 Å². The maximum Gasteiger partial charge on any atom is 0.195 e. The van der Waals surface area contributed by atoms with Crippen LogP contribution in [0.3, 0.4) is 0 Å². The molecule has 1 aromatic rings. The van der Waals surface area contributed by atoms with Crippen molar-refractivity contribution in [2.45, 2.75) is 45.6 Å². The molecule has 0 saturated heterocycles. The second-order valence-corrected chi connectivity index (χ2v) is 6.81. The number of methoxy groups -OCH3 is 2. The predicted molar refractivity (Wildman–Crippen MR) is 117 cm³/mol. The maximum atomic E-state index is 10.3. The van der Waals surface area contributed by atoms with Crippen LogP contribution in [0.25, 0.3) is 0 Å². The molecule has 0 aromatic heterocycles. The summed E-state index contributed by atoms with van der Waals surface area (Å²) in [6.45, 7) is 5.51. The van der Waals surface area contributed by atoms with E-state index in [1.807, 2.05) is 25.1 Å². The van der Waals surface area contributed by atoms with Gasteiger partial charge >= 0.3 is 0 Å². The van der Waals surface area contributed by atoms with Crippen LogP contribution in [0.15, 0.2) is 23.2 Å². The van der Waals surface area contributed by atoms with Crippen LogP contribution in [0.2, 0.25) is 0 Å². The molecule has 0 radical (unpaired) electrons. The Morgan fingerprint density at radius 3 is 2.62 bits per heavy atom. The summed E-state index contributed by atoms with van der Waals surface area (Å²) in [5, 5.41) is 16.9. The van der Waals surface area contributed by atoms with Crippen LogP contribution in [0.1, 0.15) is 39.5 Å². The van der Waals surface area contributed by atoms with Crippen molar-refractivity contribution in [3.05, 3.63) is 18.2 Å². The fraction of sp³-hybridized carbons (Fsp3) is 0.632. The number of ether oxygens (including phenoxy) is 2. The summed E-state index contributed by atoms with van der Waals surface area (Å²) in [6.07, 6.45) is 3.85. The molecule has 0 spiro atoms. The van der Waals surface area contributed by atoms with Gasteiger partial charge in [-0.05, 0) is 31.9 Å². The predicted octanol–water partition coefficient (Wildman–Crippen LogP) is 3.64. The zero-order valence-electron chi connectivity index (χ0n) is 16.2. The summed E-state index contributed by atoms with van der Waals surface area (Å²) in [5.41, 5.74) is 0.713. The van der Waals surface area contributed by atoms with E-state index in [0.717, 1.165) is 37.9 Å². The number of nitrogens with zero attached hydrogens (tertiary/aromatic N) is 1. The highest BCUT2D eigenvalue weighted by Gasteiger charge is 2.35. The van der Waals surface area contributed by atoms with E-state index >= 15 is 0 Å². The van der Waals surface area contributed by atoms with E-state index in [0.29, 0.717) is 24.0 Å². The van der Waals surface area contributed by atoms with Gasteiger partial charge < -0.3 is 25.2 Å². The zero-order valence-corrected chi connectivity index (χ0v) is 18.5. The Balaban J connectivity index is 0.00000338. The number of rotatable bonds is 6. The van der Waals surface area contributed by atoms with Crippen LogP contribution in [0, 0.1) is 5.41 Å². The number of hydrogen-bond acceptors (Lipinski definition) is 4. The summed E-state index contributed by atoms with van der Waals surface area (Å²) in [7, 11) is 3.24. The van der Waals surface area contributed by atoms with Crippen molar-refractivity contribution < 1.29 is 14.6 Å². The van der Waals surface area contributed by atoms with Crippen LogP contribution >= 0.6 is 24.0 Å². The lowest BCUT2D eigenvalue weighted by molar-refractivity contribution is 0.00721. The average molecular weight is 477 g/mol. The first-order valence-electron chi connectivity index (χ1n) is 8.98. The molecule has 0 heterocycles. The minimum atomic E-state index is -0.283. The SMILES string of the molecule is CCNC(=NCC1(C)CCCCC1O)Nc1ccc(OC)c(OC)c1.I. The number of guanidine groups is 1. The van der Waals surface area contributed by atoms with Gasteiger partial charge in [0.15, 0.2) is 17.5 Å². The average Bonchev–Trinajstić information content (AvgIpc) is 2.62. The summed E-state index contributed by atoms with van der Waals surface area (Å²) in [5.74, 6) is 2.06. The molecular weight excluding hydrogens is 445 g/mol. The lowest BCUT2D eigenvalue weighted by atomic mass is 9.73. The molecule has 2 rings (SSSR count). The van der Waals surface area contributed by atoms with Crippen LogP contribution in [-0.4, -0.2) is 44.5 Å². The molecule has 1 aliphatic carbocycles. The van der Waals surface area contributed by atoms with E-state index in [4.69, 9.17) is 14.5 Å². The van der Waals surface area contributed by atoms with Gasteiger partial charge in [0.25, 0.3) is 0 Å². The monoisotopic (exact) mass is 477 g/mol. The number of aliphatic imine (C=N–C) groups is 1. The first-order valence-corrected chi connectivity index (χ1v) is 8.98. The van der Waals surface area contributed by atoms with Crippen LogP contribution in [-0.2, 0) is 0 Å². The molecule has 2 atom stereocenters. The Bertz CT molecular complexity index is 597. The molecule has 0 aliphatic heterocycles. The molecule has 7 heteroatoms. The second kappa shape index (κ2) is 10.8.